The fraction of sp³-hybridized carbons (Fsp3) is 0.250. The molecule has 9 nitrogen and oxygen atoms in total. The van der Waals surface area contributed by atoms with Crippen LogP contribution in [0.15, 0.2) is 36.4 Å². The molecule has 0 radical (unpaired) electrons. The SMILES string of the molecule is COc1cc(C(=O)OC(C)C(=O)Nc2ccc(OC(F)(F)F)cc2)cc(Cl)c1OCC(N)=O. The van der Waals surface area contributed by atoms with Gasteiger partial charge in [-0.1, -0.05) is 11.6 Å². The van der Waals surface area contributed by atoms with Crippen molar-refractivity contribution in [1.29, 1.82) is 0 Å². The number of ether oxygens (including phenoxy) is 4. The number of benzene rings is 2. The summed E-state index contributed by atoms with van der Waals surface area (Å²) in [7, 11) is 1.28. The topological polar surface area (TPSA) is 126 Å². The van der Waals surface area contributed by atoms with Gasteiger partial charge < -0.3 is 30.0 Å². The van der Waals surface area contributed by atoms with Crippen LogP contribution in [0.4, 0.5) is 18.9 Å². The molecule has 2 rings (SSSR count). The zero-order valence-corrected chi connectivity index (χ0v) is 18.0. The third kappa shape index (κ3) is 7.75. The number of primary amides is 1. The second-order valence-electron chi connectivity index (χ2n) is 6.35. The van der Waals surface area contributed by atoms with Crippen LogP contribution in [0, 0.1) is 0 Å². The van der Waals surface area contributed by atoms with Crippen molar-refractivity contribution in [3.63, 3.8) is 0 Å². The van der Waals surface area contributed by atoms with Gasteiger partial charge in [-0.25, -0.2) is 4.79 Å². The van der Waals surface area contributed by atoms with E-state index in [9.17, 15) is 27.6 Å². The minimum atomic E-state index is -4.84. The van der Waals surface area contributed by atoms with Crippen molar-refractivity contribution >= 4 is 35.1 Å². The number of esters is 1. The van der Waals surface area contributed by atoms with Gasteiger partial charge in [0.15, 0.2) is 24.2 Å². The van der Waals surface area contributed by atoms with Crippen molar-refractivity contribution in [3.8, 4) is 17.2 Å². The Bertz CT molecular complexity index is 1030. The fourth-order valence-electron chi connectivity index (χ4n) is 2.39. The maximum atomic E-state index is 12.4. The van der Waals surface area contributed by atoms with Gasteiger partial charge in [-0.3, -0.25) is 9.59 Å². The van der Waals surface area contributed by atoms with Crippen LogP contribution >= 0.6 is 11.6 Å². The molecule has 0 saturated heterocycles. The van der Waals surface area contributed by atoms with Crippen LogP contribution in [0.5, 0.6) is 17.2 Å². The molecule has 0 aliphatic heterocycles. The van der Waals surface area contributed by atoms with Crippen molar-refractivity contribution in [3.05, 3.63) is 47.0 Å². The summed E-state index contributed by atoms with van der Waals surface area (Å²) < 4.78 is 55.7. The Balaban J connectivity index is 2.03. The number of nitrogens with two attached hydrogens (primary N) is 1. The first-order valence-corrected chi connectivity index (χ1v) is 9.43. The number of carbonyl (C=O) groups excluding carboxylic acids is 3. The molecular weight excluding hydrogens is 473 g/mol. The summed E-state index contributed by atoms with van der Waals surface area (Å²) in [4.78, 5) is 35.6. The maximum Gasteiger partial charge on any atom is 0.573 e. The highest BCUT2D eigenvalue weighted by Crippen LogP contribution is 2.36. The monoisotopic (exact) mass is 490 g/mol. The van der Waals surface area contributed by atoms with E-state index >= 15 is 0 Å². The van der Waals surface area contributed by atoms with E-state index in [-0.39, 0.29) is 27.8 Å². The number of carbonyl (C=O) groups is 3. The summed E-state index contributed by atoms with van der Waals surface area (Å²) >= 11 is 6.08. The van der Waals surface area contributed by atoms with Gasteiger partial charge >= 0.3 is 12.3 Å². The van der Waals surface area contributed by atoms with Crippen molar-refractivity contribution in [1.82, 2.24) is 0 Å². The fourth-order valence-corrected chi connectivity index (χ4v) is 2.65. The zero-order valence-electron chi connectivity index (χ0n) is 17.2. The molecule has 0 fully saturated rings. The first kappa shape index (κ1) is 25.6. The largest absolute Gasteiger partial charge is 0.573 e. The van der Waals surface area contributed by atoms with Crippen LogP contribution in [0.2, 0.25) is 5.02 Å². The van der Waals surface area contributed by atoms with E-state index in [1.807, 2.05) is 0 Å². The molecule has 1 unspecified atom stereocenters. The standard InChI is InChI=1S/C20H18ClF3N2O7/c1-10(18(28)26-12-3-5-13(6-4-12)33-20(22,23)24)32-19(29)11-7-14(21)17(15(8-11)30-2)31-9-16(25)27/h3-8,10H,9H2,1-2H3,(H2,25,27)(H,26,28). The lowest BCUT2D eigenvalue weighted by molar-refractivity contribution is -0.274. The maximum absolute atomic E-state index is 12.4. The quantitative estimate of drug-likeness (QED) is 0.516. The minimum Gasteiger partial charge on any atom is -0.493 e. The second kappa shape index (κ2) is 10.8. The summed E-state index contributed by atoms with van der Waals surface area (Å²) in [5.41, 5.74) is 5.10. The summed E-state index contributed by atoms with van der Waals surface area (Å²) in [6, 6.07) is 6.80. The highest BCUT2D eigenvalue weighted by atomic mass is 35.5. The van der Waals surface area contributed by atoms with Crippen LogP contribution < -0.4 is 25.3 Å². The Labute approximate surface area is 190 Å². The highest BCUT2D eigenvalue weighted by molar-refractivity contribution is 6.32. The van der Waals surface area contributed by atoms with Crippen molar-refractivity contribution < 1.29 is 46.5 Å². The zero-order chi connectivity index (χ0) is 24.8. The van der Waals surface area contributed by atoms with Crippen molar-refractivity contribution in [2.45, 2.75) is 19.4 Å². The Morgan fingerprint density at radius 2 is 1.79 bits per heavy atom. The predicted octanol–water partition coefficient (Wildman–Crippen LogP) is 3.30. The van der Waals surface area contributed by atoms with Crippen molar-refractivity contribution in [2.75, 3.05) is 19.0 Å². The first-order chi connectivity index (χ1) is 15.4. The normalized spacial score (nSPS) is 11.8. The van der Waals surface area contributed by atoms with Gasteiger partial charge in [0.05, 0.1) is 17.7 Å². The van der Waals surface area contributed by atoms with E-state index in [2.05, 4.69) is 10.1 Å². The van der Waals surface area contributed by atoms with Gasteiger partial charge in [0.25, 0.3) is 11.8 Å². The molecule has 0 aliphatic carbocycles. The Kier molecular flexibility index (Phi) is 8.35. The molecule has 178 valence electrons. The van der Waals surface area contributed by atoms with Gasteiger partial charge in [0.2, 0.25) is 0 Å². The minimum absolute atomic E-state index is 0.0155. The third-order valence-corrected chi connectivity index (χ3v) is 4.11. The van der Waals surface area contributed by atoms with E-state index in [0.717, 1.165) is 12.1 Å². The molecule has 0 spiro atoms. The van der Waals surface area contributed by atoms with Crippen LogP contribution in [-0.2, 0) is 14.3 Å². The van der Waals surface area contributed by atoms with Crippen LogP contribution in [0.3, 0.4) is 0 Å². The third-order valence-electron chi connectivity index (χ3n) is 3.83. The number of halogens is 4. The second-order valence-corrected chi connectivity index (χ2v) is 6.76. The molecule has 3 N–H and O–H groups in total. The lowest BCUT2D eigenvalue weighted by Crippen LogP contribution is -2.30. The lowest BCUT2D eigenvalue weighted by atomic mass is 10.2. The van der Waals surface area contributed by atoms with E-state index < -0.39 is 42.6 Å². The van der Waals surface area contributed by atoms with Gasteiger partial charge in [-0.2, -0.15) is 0 Å². The van der Waals surface area contributed by atoms with Crippen molar-refractivity contribution in [2.24, 2.45) is 5.73 Å². The van der Waals surface area contributed by atoms with E-state index in [0.29, 0.717) is 0 Å². The molecule has 1 atom stereocenters. The highest BCUT2D eigenvalue weighted by Gasteiger charge is 2.31. The molecule has 13 heteroatoms. The number of amides is 2. The number of methoxy groups -OCH3 is 1. The van der Waals surface area contributed by atoms with Gasteiger partial charge in [0.1, 0.15) is 5.75 Å². The van der Waals surface area contributed by atoms with E-state index in [4.69, 9.17) is 31.5 Å². The molecule has 0 bridgehead atoms. The molecule has 0 aromatic heterocycles. The first-order valence-electron chi connectivity index (χ1n) is 9.06. The number of hydrogen-bond donors (Lipinski definition) is 2. The molecule has 0 heterocycles. The average molecular weight is 491 g/mol. The van der Waals surface area contributed by atoms with E-state index in [1.165, 1.54) is 38.3 Å². The van der Waals surface area contributed by atoms with Gasteiger partial charge in [-0.15, -0.1) is 13.2 Å². The van der Waals surface area contributed by atoms with E-state index in [1.54, 1.807) is 0 Å². The van der Waals surface area contributed by atoms with Crippen LogP contribution in [-0.4, -0.2) is 44.0 Å². The smallest absolute Gasteiger partial charge is 0.493 e. The summed E-state index contributed by atoms with van der Waals surface area (Å²) in [6.07, 6.45) is -6.12. The number of anilines is 1. The van der Waals surface area contributed by atoms with Gasteiger partial charge in [0, 0.05) is 5.69 Å². The predicted molar refractivity (Wildman–Crippen MR) is 109 cm³/mol. The number of hydrogen-bond acceptors (Lipinski definition) is 7. The molecule has 2 aromatic rings. The molecular formula is C20H18ClF3N2O7. The molecule has 0 aliphatic rings. The number of rotatable bonds is 9. The van der Waals surface area contributed by atoms with Crippen LogP contribution in [0.1, 0.15) is 17.3 Å². The van der Waals surface area contributed by atoms with Gasteiger partial charge in [-0.05, 0) is 43.3 Å². The number of nitrogens with one attached hydrogen (secondary N) is 1. The Morgan fingerprint density at radius 1 is 1.15 bits per heavy atom. The Morgan fingerprint density at radius 3 is 2.33 bits per heavy atom. The molecule has 2 aromatic carbocycles. The van der Waals surface area contributed by atoms with Crippen LogP contribution in [0.25, 0.3) is 0 Å². The molecule has 0 saturated carbocycles. The molecule has 2 amide bonds. The average Bonchev–Trinajstić information content (AvgIpc) is 2.72. The Hall–Kier alpha value is -3.67. The number of alkyl halides is 3. The molecule has 33 heavy (non-hydrogen) atoms. The summed E-state index contributed by atoms with van der Waals surface area (Å²) in [5, 5.41) is 2.32. The summed E-state index contributed by atoms with van der Waals surface area (Å²) in [5.74, 6) is -2.87. The lowest BCUT2D eigenvalue weighted by Gasteiger charge is -2.16. The summed E-state index contributed by atoms with van der Waals surface area (Å²) in [6.45, 7) is 0.817.